The lowest BCUT2D eigenvalue weighted by molar-refractivity contribution is 0.0588. The molecule has 0 aliphatic rings. The average molecular weight is 379 g/mol. The predicted molar refractivity (Wildman–Crippen MR) is 84.2 cm³/mol. The Bertz CT molecular complexity index is 856. The summed E-state index contributed by atoms with van der Waals surface area (Å²) in [7, 11) is 0. The van der Waals surface area contributed by atoms with Crippen molar-refractivity contribution >= 4 is 46.0 Å². The number of imidazole rings is 1. The molecule has 0 unspecified atom stereocenters. The molecule has 1 aromatic carbocycles. The van der Waals surface area contributed by atoms with Crippen LogP contribution >= 0.6 is 34.8 Å². The molecule has 0 spiro atoms. The molecule has 0 radical (unpaired) electrons. The number of pyridine rings is 1. The van der Waals surface area contributed by atoms with Crippen LogP contribution in [0.4, 0.5) is 8.78 Å². The van der Waals surface area contributed by atoms with Crippen molar-refractivity contribution in [2.24, 2.45) is 0 Å². The Morgan fingerprint density at radius 2 is 1.74 bits per heavy atom. The van der Waals surface area contributed by atoms with E-state index < -0.39 is 12.2 Å². The van der Waals surface area contributed by atoms with Crippen molar-refractivity contribution in [2.45, 2.75) is 13.0 Å². The van der Waals surface area contributed by atoms with E-state index in [1.165, 1.54) is 0 Å². The minimum absolute atomic E-state index is 0.0442. The topological polar surface area (TPSA) is 39.9 Å². The molecule has 23 heavy (non-hydrogen) atoms. The van der Waals surface area contributed by atoms with Gasteiger partial charge in [-0.15, -0.1) is 0 Å². The van der Waals surface area contributed by atoms with Crippen molar-refractivity contribution in [2.75, 3.05) is 0 Å². The second-order valence-electron chi connectivity index (χ2n) is 4.53. The Morgan fingerprint density at radius 1 is 1.04 bits per heavy atom. The summed E-state index contributed by atoms with van der Waals surface area (Å²) >= 11 is 17.8. The first kappa shape index (κ1) is 16.2. The van der Waals surface area contributed by atoms with E-state index in [-0.39, 0.29) is 33.0 Å². The van der Waals surface area contributed by atoms with Crippen molar-refractivity contribution < 1.29 is 13.6 Å². The van der Waals surface area contributed by atoms with Gasteiger partial charge in [0.05, 0.1) is 10.0 Å². The van der Waals surface area contributed by atoms with Crippen molar-refractivity contribution in [3.05, 3.63) is 56.9 Å². The maximum Gasteiger partial charge on any atom is 0.298 e. The fourth-order valence-corrected chi connectivity index (χ4v) is 2.60. The number of hydrogen-bond acceptors (Lipinski definition) is 3. The third-order valence-corrected chi connectivity index (χ3v) is 4.23. The largest absolute Gasteiger partial charge is 0.407 e. The van der Waals surface area contributed by atoms with Gasteiger partial charge in [0.2, 0.25) is 5.82 Å². The summed E-state index contributed by atoms with van der Waals surface area (Å²) in [6.45, 7) is 0.0442. The van der Waals surface area contributed by atoms with E-state index >= 15 is 0 Å². The van der Waals surface area contributed by atoms with Gasteiger partial charge in [0.25, 0.3) is 6.43 Å². The molecule has 0 saturated carbocycles. The van der Waals surface area contributed by atoms with Gasteiger partial charge in [-0.05, 0) is 5.56 Å². The molecule has 4 nitrogen and oxygen atoms in total. The Kier molecular flexibility index (Phi) is 4.57. The van der Waals surface area contributed by atoms with Gasteiger partial charge in [0.15, 0.2) is 10.8 Å². The smallest absolute Gasteiger partial charge is 0.298 e. The van der Waals surface area contributed by atoms with E-state index in [1.807, 2.05) is 18.2 Å². The van der Waals surface area contributed by atoms with Crippen LogP contribution in [0.3, 0.4) is 0 Å². The molecule has 0 saturated heterocycles. The number of alkyl halides is 2. The third kappa shape index (κ3) is 3.06. The van der Waals surface area contributed by atoms with Gasteiger partial charge in [-0.2, -0.15) is 4.73 Å². The van der Waals surface area contributed by atoms with Crippen molar-refractivity contribution in [3.63, 3.8) is 0 Å². The summed E-state index contributed by atoms with van der Waals surface area (Å²) < 4.78 is 27.3. The lowest BCUT2D eigenvalue weighted by Crippen LogP contribution is -2.15. The van der Waals surface area contributed by atoms with Gasteiger partial charge in [-0.1, -0.05) is 65.1 Å². The van der Waals surface area contributed by atoms with E-state index in [9.17, 15) is 8.78 Å². The highest BCUT2D eigenvalue weighted by atomic mass is 35.5. The number of nitrogens with zero attached hydrogens (tertiary/aromatic N) is 3. The zero-order valence-electron chi connectivity index (χ0n) is 11.3. The molecule has 0 amide bonds. The average Bonchev–Trinajstić information content (AvgIpc) is 2.90. The molecular weight excluding hydrogens is 371 g/mol. The van der Waals surface area contributed by atoms with Gasteiger partial charge in [-0.25, -0.2) is 18.7 Å². The van der Waals surface area contributed by atoms with E-state index in [0.717, 1.165) is 10.3 Å². The molecule has 0 aliphatic carbocycles. The normalized spacial score (nSPS) is 11.4. The molecular formula is C14H8Cl3F2N3O. The number of benzene rings is 1. The number of hydrogen-bond donors (Lipinski definition) is 0. The van der Waals surface area contributed by atoms with Crippen LogP contribution in [0.1, 0.15) is 17.8 Å². The highest BCUT2D eigenvalue weighted by Gasteiger charge is 2.25. The quantitative estimate of drug-likeness (QED) is 0.603. The van der Waals surface area contributed by atoms with Gasteiger partial charge in [-0.3, -0.25) is 0 Å². The zero-order valence-corrected chi connectivity index (χ0v) is 13.6. The van der Waals surface area contributed by atoms with Crippen LogP contribution in [0.2, 0.25) is 15.2 Å². The second-order valence-corrected chi connectivity index (χ2v) is 5.64. The number of halogens is 5. The highest BCUT2D eigenvalue weighted by molar-refractivity contribution is 6.49. The molecule has 0 N–H and O–H groups in total. The molecule has 2 aromatic heterocycles. The van der Waals surface area contributed by atoms with Crippen LogP contribution in [-0.2, 0) is 6.61 Å². The van der Waals surface area contributed by atoms with Gasteiger partial charge in [0, 0.05) is 0 Å². The first-order valence-corrected chi connectivity index (χ1v) is 7.50. The first-order valence-electron chi connectivity index (χ1n) is 6.37. The first-order chi connectivity index (χ1) is 11.0. The van der Waals surface area contributed by atoms with Gasteiger partial charge < -0.3 is 4.84 Å². The standard InChI is InChI=1S/C14H8Cl3F2N3O/c15-8-9(16)11(17)20-13-10(8)22(14(21-13)12(18)19)23-6-7-4-2-1-3-5-7/h1-5,12H,6H2. The highest BCUT2D eigenvalue weighted by Crippen LogP contribution is 2.36. The molecule has 0 atom stereocenters. The van der Waals surface area contributed by atoms with Crippen LogP contribution < -0.4 is 4.84 Å². The molecule has 3 aromatic rings. The molecule has 9 heteroatoms. The number of rotatable bonds is 4. The zero-order chi connectivity index (χ0) is 16.6. The van der Waals surface area contributed by atoms with Crippen LogP contribution in [0.5, 0.6) is 0 Å². The summed E-state index contributed by atoms with van der Waals surface area (Å²) in [6, 6.07) is 9.05. The lowest BCUT2D eigenvalue weighted by atomic mass is 10.2. The maximum absolute atomic E-state index is 13.2. The Labute approximate surface area is 144 Å². The predicted octanol–water partition coefficient (Wildman–Crippen LogP) is 4.96. The Balaban J connectivity index is 2.09. The van der Waals surface area contributed by atoms with Crippen LogP contribution in [0.25, 0.3) is 11.2 Å². The summed E-state index contributed by atoms with van der Waals surface area (Å²) in [5, 5.41) is -0.210. The maximum atomic E-state index is 13.2. The summed E-state index contributed by atoms with van der Waals surface area (Å²) in [5.74, 6) is -0.622. The van der Waals surface area contributed by atoms with E-state index in [2.05, 4.69) is 9.97 Å². The minimum atomic E-state index is -2.88. The minimum Gasteiger partial charge on any atom is -0.407 e. The van der Waals surface area contributed by atoms with Crippen LogP contribution in [0.15, 0.2) is 30.3 Å². The monoisotopic (exact) mass is 377 g/mol. The molecule has 0 aliphatic heterocycles. The van der Waals surface area contributed by atoms with Crippen LogP contribution in [-0.4, -0.2) is 14.7 Å². The van der Waals surface area contributed by atoms with Gasteiger partial charge in [0.1, 0.15) is 12.1 Å². The van der Waals surface area contributed by atoms with E-state index in [4.69, 9.17) is 39.6 Å². The molecule has 2 heterocycles. The SMILES string of the molecule is FC(F)c1nc2nc(Cl)c(Cl)c(Cl)c2n1OCc1ccccc1. The van der Waals surface area contributed by atoms with Crippen molar-refractivity contribution in [3.8, 4) is 0 Å². The second kappa shape index (κ2) is 6.47. The van der Waals surface area contributed by atoms with E-state index in [0.29, 0.717) is 0 Å². The van der Waals surface area contributed by atoms with Gasteiger partial charge >= 0.3 is 0 Å². The molecule has 0 bridgehead atoms. The number of aromatic nitrogens is 3. The summed E-state index contributed by atoms with van der Waals surface area (Å²) in [4.78, 5) is 13.1. The number of fused-ring (bicyclic) bond motifs is 1. The lowest BCUT2D eigenvalue weighted by Gasteiger charge is -2.11. The Morgan fingerprint density at radius 3 is 2.39 bits per heavy atom. The molecule has 120 valence electrons. The van der Waals surface area contributed by atoms with Crippen molar-refractivity contribution in [1.29, 1.82) is 0 Å². The van der Waals surface area contributed by atoms with Crippen molar-refractivity contribution in [1.82, 2.24) is 14.7 Å². The molecule has 0 fully saturated rings. The summed E-state index contributed by atoms with van der Waals surface area (Å²) in [5.41, 5.74) is 0.777. The Hall–Kier alpha value is -1.63. The third-order valence-electron chi connectivity index (χ3n) is 3.03. The summed E-state index contributed by atoms with van der Waals surface area (Å²) in [6.07, 6.45) is -2.88. The van der Waals surface area contributed by atoms with E-state index in [1.54, 1.807) is 12.1 Å². The fraction of sp³-hybridized carbons (Fsp3) is 0.143. The van der Waals surface area contributed by atoms with Crippen LogP contribution in [0, 0.1) is 0 Å². The fourth-order valence-electron chi connectivity index (χ4n) is 2.00. The molecule has 3 rings (SSSR count).